The lowest BCUT2D eigenvalue weighted by molar-refractivity contribution is -0.0461. The standard InChI is InChI=1S/C19H24O3/c1-18-9-8-14(19(2,12-18)22-5)11-15(18)13-6-7-16(20-3)17(10-13)21-4/h6-11,14H,12H2,1-5H3/t14-,18-,19+/m1/s1. The molecule has 3 nitrogen and oxygen atoms in total. The summed E-state index contributed by atoms with van der Waals surface area (Å²) in [5.41, 5.74) is 2.39. The zero-order valence-corrected chi connectivity index (χ0v) is 14.0. The normalized spacial score (nSPS) is 32.8. The van der Waals surface area contributed by atoms with Crippen LogP contribution < -0.4 is 9.47 Å². The molecular formula is C19H24O3. The Morgan fingerprint density at radius 2 is 1.77 bits per heavy atom. The minimum Gasteiger partial charge on any atom is -0.493 e. The van der Waals surface area contributed by atoms with E-state index in [0.29, 0.717) is 5.92 Å². The third-order valence-corrected chi connectivity index (χ3v) is 5.22. The predicted molar refractivity (Wildman–Crippen MR) is 88.3 cm³/mol. The van der Waals surface area contributed by atoms with Crippen LogP contribution in [0, 0.1) is 11.3 Å². The van der Waals surface area contributed by atoms with Crippen LogP contribution in [0.2, 0.25) is 0 Å². The summed E-state index contributed by atoms with van der Waals surface area (Å²) in [7, 11) is 5.14. The molecule has 0 N–H and O–H groups in total. The van der Waals surface area contributed by atoms with E-state index >= 15 is 0 Å². The van der Waals surface area contributed by atoms with Gasteiger partial charge in [0.05, 0.1) is 19.8 Å². The van der Waals surface area contributed by atoms with Gasteiger partial charge in [0, 0.05) is 18.4 Å². The average Bonchev–Trinajstić information content (AvgIpc) is 2.53. The number of ether oxygens (including phenoxy) is 3. The van der Waals surface area contributed by atoms with Crippen LogP contribution in [-0.4, -0.2) is 26.9 Å². The summed E-state index contributed by atoms with van der Waals surface area (Å²) >= 11 is 0. The molecule has 3 aliphatic carbocycles. The molecule has 3 aliphatic rings. The van der Waals surface area contributed by atoms with Crippen molar-refractivity contribution in [2.24, 2.45) is 11.3 Å². The second-order valence-corrected chi connectivity index (χ2v) is 6.65. The summed E-state index contributed by atoms with van der Waals surface area (Å²) in [6.45, 7) is 4.47. The summed E-state index contributed by atoms with van der Waals surface area (Å²) in [4.78, 5) is 0. The SMILES string of the molecule is COc1ccc(C2=C[C@H]3C=C[C@]2(C)C[C@]3(C)OC)cc1OC. The highest BCUT2D eigenvalue weighted by molar-refractivity contribution is 5.76. The largest absolute Gasteiger partial charge is 0.493 e. The molecule has 0 aliphatic heterocycles. The highest BCUT2D eigenvalue weighted by Crippen LogP contribution is 2.55. The maximum absolute atomic E-state index is 5.80. The van der Waals surface area contributed by atoms with E-state index in [-0.39, 0.29) is 11.0 Å². The minimum absolute atomic E-state index is 0.0148. The number of methoxy groups -OCH3 is 3. The minimum atomic E-state index is -0.121. The van der Waals surface area contributed by atoms with Crippen molar-refractivity contribution in [3.8, 4) is 11.5 Å². The van der Waals surface area contributed by atoms with E-state index in [2.05, 4.69) is 44.2 Å². The first-order valence-electron chi connectivity index (χ1n) is 7.65. The molecule has 0 unspecified atom stereocenters. The van der Waals surface area contributed by atoms with Crippen LogP contribution in [0.4, 0.5) is 0 Å². The third-order valence-electron chi connectivity index (χ3n) is 5.22. The van der Waals surface area contributed by atoms with Crippen LogP contribution in [0.5, 0.6) is 11.5 Å². The molecule has 0 saturated heterocycles. The highest BCUT2D eigenvalue weighted by Gasteiger charge is 2.48. The molecule has 0 radical (unpaired) electrons. The van der Waals surface area contributed by atoms with Crippen LogP contribution >= 0.6 is 0 Å². The summed E-state index contributed by atoms with van der Waals surface area (Å²) < 4.78 is 16.6. The van der Waals surface area contributed by atoms with E-state index in [1.54, 1.807) is 14.2 Å². The smallest absolute Gasteiger partial charge is 0.161 e. The quantitative estimate of drug-likeness (QED) is 0.784. The molecule has 0 aromatic heterocycles. The second-order valence-electron chi connectivity index (χ2n) is 6.65. The fourth-order valence-electron chi connectivity index (χ4n) is 3.85. The highest BCUT2D eigenvalue weighted by atomic mass is 16.5. The number of hydrogen-bond donors (Lipinski definition) is 0. The van der Waals surface area contributed by atoms with Gasteiger partial charge in [-0.1, -0.05) is 31.2 Å². The fraction of sp³-hybridized carbons (Fsp3) is 0.474. The fourth-order valence-corrected chi connectivity index (χ4v) is 3.85. The van der Waals surface area contributed by atoms with Gasteiger partial charge in [-0.2, -0.15) is 0 Å². The second kappa shape index (κ2) is 5.17. The molecular weight excluding hydrogens is 276 g/mol. The van der Waals surface area contributed by atoms with Gasteiger partial charge in [0.2, 0.25) is 0 Å². The monoisotopic (exact) mass is 300 g/mol. The maximum Gasteiger partial charge on any atom is 0.161 e. The first-order valence-corrected chi connectivity index (χ1v) is 7.65. The topological polar surface area (TPSA) is 27.7 Å². The van der Waals surface area contributed by atoms with Crippen LogP contribution in [0.3, 0.4) is 0 Å². The van der Waals surface area contributed by atoms with Crippen molar-refractivity contribution >= 4 is 5.57 Å². The molecule has 1 aromatic carbocycles. The van der Waals surface area contributed by atoms with Gasteiger partial charge < -0.3 is 14.2 Å². The summed E-state index contributed by atoms with van der Waals surface area (Å²) in [6.07, 6.45) is 7.92. The molecule has 4 rings (SSSR count). The zero-order valence-electron chi connectivity index (χ0n) is 14.0. The number of rotatable bonds is 4. The lowest BCUT2D eigenvalue weighted by atomic mass is 9.59. The van der Waals surface area contributed by atoms with Crippen molar-refractivity contribution in [1.29, 1.82) is 0 Å². The molecule has 0 fully saturated rings. The Balaban J connectivity index is 2.05. The summed E-state index contributed by atoms with van der Waals surface area (Å²) in [6, 6.07) is 6.14. The Labute approximate surface area is 132 Å². The van der Waals surface area contributed by atoms with Crippen LogP contribution in [0.1, 0.15) is 25.8 Å². The number of fused-ring (bicyclic) bond motifs is 1. The van der Waals surface area contributed by atoms with Gasteiger partial charge in [-0.25, -0.2) is 0 Å². The Morgan fingerprint density at radius 1 is 1.05 bits per heavy atom. The van der Waals surface area contributed by atoms with Gasteiger partial charge in [0.15, 0.2) is 11.5 Å². The third kappa shape index (κ3) is 2.15. The van der Waals surface area contributed by atoms with Crippen molar-refractivity contribution in [3.05, 3.63) is 42.0 Å². The lowest BCUT2D eigenvalue weighted by Gasteiger charge is -2.50. The van der Waals surface area contributed by atoms with Crippen molar-refractivity contribution in [2.75, 3.05) is 21.3 Å². The van der Waals surface area contributed by atoms with Gasteiger partial charge >= 0.3 is 0 Å². The molecule has 0 spiro atoms. The van der Waals surface area contributed by atoms with E-state index in [1.165, 1.54) is 11.1 Å². The zero-order chi connectivity index (χ0) is 16.0. The molecule has 3 atom stereocenters. The van der Waals surface area contributed by atoms with Gasteiger partial charge in [0.1, 0.15) is 0 Å². The Morgan fingerprint density at radius 3 is 2.36 bits per heavy atom. The van der Waals surface area contributed by atoms with Crippen molar-refractivity contribution in [3.63, 3.8) is 0 Å². The molecule has 1 aromatic rings. The van der Waals surface area contributed by atoms with E-state index in [0.717, 1.165) is 17.9 Å². The number of allylic oxidation sites excluding steroid dienone is 2. The molecule has 22 heavy (non-hydrogen) atoms. The Kier molecular flexibility index (Phi) is 3.56. The summed E-state index contributed by atoms with van der Waals surface area (Å²) in [5.74, 6) is 1.84. The molecule has 0 amide bonds. The van der Waals surface area contributed by atoms with Crippen molar-refractivity contribution in [1.82, 2.24) is 0 Å². The van der Waals surface area contributed by atoms with E-state index in [4.69, 9.17) is 14.2 Å². The van der Waals surface area contributed by atoms with E-state index in [9.17, 15) is 0 Å². The first kappa shape index (κ1) is 15.2. The van der Waals surface area contributed by atoms with Gasteiger partial charge in [-0.15, -0.1) is 0 Å². The first-order chi connectivity index (χ1) is 10.5. The molecule has 118 valence electrons. The average molecular weight is 300 g/mol. The van der Waals surface area contributed by atoms with Crippen LogP contribution in [0.15, 0.2) is 36.4 Å². The Hall–Kier alpha value is -1.74. The maximum atomic E-state index is 5.80. The van der Waals surface area contributed by atoms with Gasteiger partial charge in [-0.3, -0.25) is 0 Å². The van der Waals surface area contributed by atoms with Crippen LogP contribution in [-0.2, 0) is 4.74 Å². The molecule has 3 heteroatoms. The number of benzene rings is 1. The van der Waals surface area contributed by atoms with Gasteiger partial charge in [-0.05, 0) is 36.6 Å². The van der Waals surface area contributed by atoms with Crippen molar-refractivity contribution in [2.45, 2.75) is 25.9 Å². The summed E-state index contributed by atoms with van der Waals surface area (Å²) in [5, 5.41) is 0. The lowest BCUT2D eigenvalue weighted by Crippen LogP contribution is -2.46. The number of hydrogen-bond acceptors (Lipinski definition) is 3. The predicted octanol–water partition coefficient (Wildman–Crippen LogP) is 4.09. The van der Waals surface area contributed by atoms with Gasteiger partial charge in [0.25, 0.3) is 0 Å². The molecule has 0 saturated carbocycles. The van der Waals surface area contributed by atoms with Crippen molar-refractivity contribution < 1.29 is 14.2 Å². The van der Waals surface area contributed by atoms with E-state index in [1.807, 2.05) is 13.2 Å². The Bertz CT molecular complexity index is 646. The molecule has 2 bridgehead atoms. The molecule has 0 heterocycles. The van der Waals surface area contributed by atoms with E-state index < -0.39 is 0 Å². The van der Waals surface area contributed by atoms with Crippen LogP contribution in [0.25, 0.3) is 5.57 Å².